The molecule has 0 unspecified atom stereocenters. The average molecular weight is 223 g/mol. The van der Waals surface area contributed by atoms with Crippen LogP contribution in [0.25, 0.3) is 0 Å². The van der Waals surface area contributed by atoms with Gasteiger partial charge in [-0.25, -0.2) is 5.84 Å². The summed E-state index contributed by atoms with van der Waals surface area (Å²) in [6, 6.07) is 1.77. The lowest BCUT2D eigenvalue weighted by Gasteiger charge is -2.12. The van der Waals surface area contributed by atoms with E-state index in [9.17, 15) is 4.79 Å². The molecule has 0 spiro atoms. The van der Waals surface area contributed by atoms with Crippen molar-refractivity contribution < 1.29 is 9.21 Å². The average Bonchev–Trinajstić information content (AvgIpc) is 2.89. The second-order valence-electron chi connectivity index (χ2n) is 4.15. The number of nitrogens with one attached hydrogen (secondary N) is 1. The minimum Gasteiger partial charge on any atom is -0.456 e. The standard InChI is InChI=1S/C11H17N3O2/c1-8-9(7-14-4-2-3-5-14)6-10(16-8)11(15)13-12/h6H,2-5,7,12H2,1H3,(H,13,15). The summed E-state index contributed by atoms with van der Waals surface area (Å²) in [5.41, 5.74) is 3.14. The van der Waals surface area contributed by atoms with Crippen molar-refractivity contribution in [2.45, 2.75) is 26.3 Å². The third-order valence-corrected chi connectivity index (χ3v) is 2.97. The highest BCUT2D eigenvalue weighted by Gasteiger charge is 2.17. The number of nitrogens with two attached hydrogens (primary N) is 1. The number of carbonyl (C=O) groups is 1. The molecular weight excluding hydrogens is 206 g/mol. The van der Waals surface area contributed by atoms with Crippen molar-refractivity contribution in [3.8, 4) is 0 Å². The first kappa shape index (κ1) is 11.2. The molecule has 5 nitrogen and oxygen atoms in total. The SMILES string of the molecule is Cc1oc(C(=O)NN)cc1CN1CCCC1. The van der Waals surface area contributed by atoms with Crippen LogP contribution in [-0.4, -0.2) is 23.9 Å². The molecule has 1 aromatic heterocycles. The molecule has 0 radical (unpaired) electrons. The van der Waals surface area contributed by atoms with E-state index in [0.29, 0.717) is 0 Å². The summed E-state index contributed by atoms with van der Waals surface area (Å²) in [5.74, 6) is 5.76. The zero-order valence-corrected chi connectivity index (χ0v) is 9.45. The van der Waals surface area contributed by atoms with Crippen LogP contribution in [-0.2, 0) is 6.54 Å². The highest BCUT2D eigenvalue weighted by atomic mass is 16.4. The van der Waals surface area contributed by atoms with Gasteiger partial charge in [0.25, 0.3) is 0 Å². The summed E-state index contributed by atoms with van der Waals surface area (Å²) in [4.78, 5) is 13.6. The van der Waals surface area contributed by atoms with Crippen LogP contribution in [0.3, 0.4) is 0 Å². The fourth-order valence-electron chi connectivity index (χ4n) is 2.04. The molecule has 16 heavy (non-hydrogen) atoms. The highest BCUT2D eigenvalue weighted by Crippen LogP contribution is 2.19. The molecule has 1 amide bonds. The van der Waals surface area contributed by atoms with E-state index >= 15 is 0 Å². The first-order valence-electron chi connectivity index (χ1n) is 5.53. The van der Waals surface area contributed by atoms with Crippen LogP contribution in [0.4, 0.5) is 0 Å². The van der Waals surface area contributed by atoms with Gasteiger partial charge in [0.15, 0.2) is 5.76 Å². The molecule has 0 aromatic carbocycles. The van der Waals surface area contributed by atoms with Crippen molar-refractivity contribution in [1.82, 2.24) is 10.3 Å². The highest BCUT2D eigenvalue weighted by molar-refractivity contribution is 5.91. The molecule has 1 aliphatic heterocycles. The summed E-state index contributed by atoms with van der Waals surface area (Å²) in [6.07, 6.45) is 2.51. The number of aryl methyl sites for hydroxylation is 1. The number of amides is 1. The van der Waals surface area contributed by atoms with E-state index in [1.807, 2.05) is 6.92 Å². The number of rotatable bonds is 3. The quantitative estimate of drug-likeness (QED) is 0.451. The van der Waals surface area contributed by atoms with Crippen molar-refractivity contribution in [2.24, 2.45) is 5.84 Å². The molecule has 88 valence electrons. The van der Waals surface area contributed by atoms with Crippen LogP contribution in [0.5, 0.6) is 0 Å². The van der Waals surface area contributed by atoms with E-state index in [1.54, 1.807) is 6.07 Å². The van der Waals surface area contributed by atoms with E-state index in [-0.39, 0.29) is 11.7 Å². The van der Waals surface area contributed by atoms with Gasteiger partial charge >= 0.3 is 5.91 Å². The van der Waals surface area contributed by atoms with Gasteiger partial charge in [-0.15, -0.1) is 0 Å². The van der Waals surface area contributed by atoms with E-state index in [4.69, 9.17) is 10.3 Å². The van der Waals surface area contributed by atoms with E-state index in [0.717, 1.165) is 31.0 Å². The number of nitrogen functional groups attached to an aromatic ring is 1. The zero-order valence-electron chi connectivity index (χ0n) is 9.45. The maximum atomic E-state index is 11.3. The normalized spacial score (nSPS) is 16.6. The first-order chi connectivity index (χ1) is 7.70. The van der Waals surface area contributed by atoms with Crippen LogP contribution in [0.15, 0.2) is 10.5 Å². The summed E-state index contributed by atoms with van der Waals surface area (Å²) >= 11 is 0. The van der Waals surface area contributed by atoms with Crippen molar-refractivity contribution in [2.75, 3.05) is 13.1 Å². The van der Waals surface area contributed by atoms with Gasteiger partial charge < -0.3 is 4.42 Å². The Labute approximate surface area is 94.6 Å². The van der Waals surface area contributed by atoms with E-state index in [1.165, 1.54) is 12.8 Å². The Morgan fingerprint density at radius 3 is 2.88 bits per heavy atom. The monoisotopic (exact) mass is 223 g/mol. The second kappa shape index (κ2) is 4.67. The lowest BCUT2D eigenvalue weighted by Crippen LogP contribution is -2.29. The molecule has 3 N–H and O–H groups in total. The van der Waals surface area contributed by atoms with Gasteiger partial charge in [0.05, 0.1) is 0 Å². The Bertz CT molecular complexity index is 381. The summed E-state index contributed by atoms with van der Waals surface area (Å²) in [5, 5.41) is 0. The lowest BCUT2D eigenvalue weighted by molar-refractivity contribution is 0.0924. The minimum absolute atomic E-state index is 0.286. The van der Waals surface area contributed by atoms with Crippen LogP contribution >= 0.6 is 0 Å². The Hall–Kier alpha value is -1.33. The van der Waals surface area contributed by atoms with Gasteiger partial charge in [-0.05, 0) is 38.9 Å². The van der Waals surface area contributed by atoms with Crippen molar-refractivity contribution in [3.63, 3.8) is 0 Å². The molecule has 1 aliphatic rings. The van der Waals surface area contributed by atoms with Crippen LogP contribution in [0.2, 0.25) is 0 Å². The Morgan fingerprint density at radius 1 is 1.56 bits per heavy atom. The maximum Gasteiger partial charge on any atom is 0.300 e. The molecule has 0 saturated carbocycles. The maximum absolute atomic E-state index is 11.3. The van der Waals surface area contributed by atoms with Crippen molar-refractivity contribution in [3.05, 3.63) is 23.2 Å². The first-order valence-corrected chi connectivity index (χ1v) is 5.53. The number of carbonyl (C=O) groups excluding carboxylic acids is 1. The summed E-state index contributed by atoms with van der Waals surface area (Å²) in [7, 11) is 0. The molecule has 2 heterocycles. The number of nitrogens with zero attached hydrogens (tertiary/aromatic N) is 1. The van der Waals surface area contributed by atoms with E-state index in [2.05, 4.69) is 10.3 Å². The van der Waals surface area contributed by atoms with Gasteiger partial charge in [-0.3, -0.25) is 15.1 Å². The lowest BCUT2D eigenvalue weighted by atomic mass is 10.2. The van der Waals surface area contributed by atoms with Crippen LogP contribution < -0.4 is 11.3 Å². The molecule has 2 rings (SSSR count). The summed E-state index contributed by atoms with van der Waals surface area (Å²) in [6.45, 7) is 4.98. The molecule has 5 heteroatoms. The second-order valence-corrected chi connectivity index (χ2v) is 4.15. The van der Waals surface area contributed by atoms with Gasteiger partial charge in [-0.2, -0.15) is 0 Å². The number of hydrogen-bond donors (Lipinski definition) is 2. The van der Waals surface area contributed by atoms with E-state index < -0.39 is 0 Å². The largest absolute Gasteiger partial charge is 0.456 e. The van der Waals surface area contributed by atoms with Crippen LogP contribution in [0, 0.1) is 6.92 Å². The van der Waals surface area contributed by atoms with Gasteiger partial charge in [0.2, 0.25) is 0 Å². The number of likely N-dealkylation sites (tertiary alicyclic amines) is 1. The number of hydrogen-bond acceptors (Lipinski definition) is 4. The third kappa shape index (κ3) is 2.25. The van der Waals surface area contributed by atoms with Crippen molar-refractivity contribution >= 4 is 5.91 Å². The predicted octanol–water partition coefficient (Wildman–Crippen LogP) is 0.787. The Kier molecular flexibility index (Phi) is 3.26. The number of hydrazine groups is 1. The molecular formula is C11H17N3O2. The zero-order chi connectivity index (χ0) is 11.5. The molecule has 1 saturated heterocycles. The van der Waals surface area contributed by atoms with Gasteiger partial charge in [-0.1, -0.05) is 0 Å². The topological polar surface area (TPSA) is 71.5 Å². The van der Waals surface area contributed by atoms with Crippen molar-refractivity contribution in [1.29, 1.82) is 0 Å². The molecule has 1 aromatic rings. The van der Waals surface area contributed by atoms with Crippen LogP contribution in [0.1, 0.15) is 34.7 Å². The van der Waals surface area contributed by atoms with Gasteiger partial charge in [0.1, 0.15) is 5.76 Å². The number of furan rings is 1. The molecule has 0 atom stereocenters. The molecule has 0 aliphatic carbocycles. The smallest absolute Gasteiger partial charge is 0.300 e. The Balaban J connectivity index is 2.08. The van der Waals surface area contributed by atoms with Gasteiger partial charge in [0, 0.05) is 12.1 Å². The predicted molar refractivity (Wildman–Crippen MR) is 59.6 cm³/mol. The fraction of sp³-hybridized carbons (Fsp3) is 0.545. The molecule has 1 fully saturated rings. The summed E-state index contributed by atoms with van der Waals surface area (Å²) < 4.78 is 5.36. The molecule has 0 bridgehead atoms. The third-order valence-electron chi connectivity index (χ3n) is 2.97. The Morgan fingerprint density at radius 2 is 2.25 bits per heavy atom. The fourth-order valence-corrected chi connectivity index (χ4v) is 2.04. The minimum atomic E-state index is -0.379.